The molecule has 0 spiro atoms. The molecule has 0 aliphatic carbocycles. The summed E-state index contributed by atoms with van der Waals surface area (Å²) < 4.78 is 5.64. The van der Waals surface area contributed by atoms with E-state index in [1.165, 1.54) is 0 Å². The number of nitrogens with one attached hydrogen (secondary N) is 1. The highest BCUT2D eigenvalue weighted by Gasteiger charge is 2.24. The number of hydrogen-bond donors (Lipinski definition) is 1. The molecule has 1 aromatic rings. The van der Waals surface area contributed by atoms with E-state index in [-0.39, 0.29) is 5.91 Å². The lowest BCUT2D eigenvalue weighted by Crippen LogP contribution is -2.43. The summed E-state index contributed by atoms with van der Waals surface area (Å²) >= 11 is 0. The first-order valence-corrected chi connectivity index (χ1v) is 6.94. The third-order valence-electron chi connectivity index (χ3n) is 3.51. The number of carbonyl (C=O) groups excluding carboxylic acids is 1. The van der Waals surface area contributed by atoms with E-state index in [0.29, 0.717) is 30.5 Å². The largest absolute Gasteiger partial charge is 0.491 e. The fourth-order valence-corrected chi connectivity index (χ4v) is 2.42. The first-order valence-electron chi connectivity index (χ1n) is 6.94. The maximum Gasteiger partial charge on any atom is 0.257 e. The predicted molar refractivity (Wildman–Crippen MR) is 75.6 cm³/mol. The summed E-state index contributed by atoms with van der Waals surface area (Å²) in [5, 5.41) is 3.28. The number of amides is 1. The van der Waals surface area contributed by atoms with Gasteiger partial charge in [-0.05, 0) is 25.6 Å². The van der Waals surface area contributed by atoms with Crippen LogP contribution in [0.1, 0.15) is 30.1 Å². The third kappa shape index (κ3) is 3.26. The summed E-state index contributed by atoms with van der Waals surface area (Å²) in [7, 11) is 1.95. The van der Waals surface area contributed by atoms with Gasteiger partial charge in [-0.2, -0.15) is 0 Å². The van der Waals surface area contributed by atoms with Gasteiger partial charge in [0.1, 0.15) is 12.4 Å². The van der Waals surface area contributed by atoms with E-state index in [9.17, 15) is 4.79 Å². The molecule has 1 amide bonds. The maximum atomic E-state index is 12.5. The maximum absolute atomic E-state index is 12.5. The Morgan fingerprint density at radius 2 is 2.21 bits per heavy atom. The van der Waals surface area contributed by atoms with Crippen LogP contribution in [0.5, 0.6) is 5.75 Å². The van der Waals surface area contributed by atoms with Gasteiger partial charge in [0, 0.05) is 12.6 Å². The molecule has 1 aromatic carbocycles. The second kappa shape index (κ2) is 6.57. The van der Waals surface area contributed by atoms with E-state index < -0.39 is 0 Å². The topological polar surface area (TPSA) is 41.6 Å². The monoisotopic (exact) mass is 262 g/mol. The quantitative estimate of drug-likeness (QED) is 0.881. The zero-order valence-electron chi connectivity index (χ0n) is 11.7. The lowest BCUT2D eigenvalue weighted by molar-refractivity contribution is 0.0737. The van der Waals surface area contributed by atoms with Crippen molar-refractivity contribution in [2.24, 2.45) is 0 Å². The van der Waals surface area contributed by atoms with E-state index in [1.807, 2.05) is 36.2 Å². The van der Waals surface area contributed by atoms with Crippen molar-refractivity contribution < 1.29 is 9.53 Å². The Morgan fingerprint density at radius 3 is 2.95 bits per heavy atom. The van der Waals surface area contributed by atoms with Crippen molar-refractivity contribution in [3.8, 4) is 5.75 Å². The molecule has 0 fully saturated rings. The Bertz CT molecular complexity index is 434. The molecule has 0 aromatic heterocycles. The number of nitrogens with zero attached hydrogens (tertiary/aromatic N) is 1. The molecule has 1 aliphatic heterocycles. The fraction of sp³-hybridized carbons (Fsp3) is 0.533. The number of rotatable bonds is 5. The van der Waals surface area contributed by atoms with Crippen LogP contribution in [0.2, 0.25) is 0 Å². The van der Waals surface area contributed by atoms with Crippen molar-refractivity contribution in [3.05, 3.63) is 29.8 Å². The molecule has 0 saturated carbocycles. The molecule has 0 radical (unpaired) electrons. The minimum absolute atomic E-state index is 0.0736. The normalized spacial score (nSPS) is 16.5. The number of hydrogen-bond acceptors (Lipinski definition) is 3. The molecule has 19 heavy (non-hydrogen) atoms. The highest BCUT2D eigenvalue weighted by Crippen LogP contribution is 2.22. The number of ether oxygens (including phenoxy) is 1. The lowest BCUT2D eigenvalue weighted by atomic mass is 10.1. The number of fused-ring (bicyclic) bond motifs is 1. The second-order valence-electron chi connectivity index (χ2n) is 4.87. The molecule has 1 aliphatic rings. The summed E-state index contributed by atoms with van der Waals surface area (Å²) in [6, 6.07) is 7.82. The van der Waals surface area contributed by atoms with Crippen LogP contribution in [0.4, 0.5) is 0 Å². The van der Waals surface area contributed by atoms with Crippen molar-refractivity contribution in [2.45, 2.75) is 25.8 Å². The van der Waals surface area contributed by atoms with Crippen LogP contribution in [-0.4, -0.2) is 43.6 Å². The van der Waals surface area contributed by atoms with Crippen LogP contribution >= 0.6 is 0 Å². The molecule has 4 nitrogen and oxygen atoms in total. The average molecular weight is 262 g/mol. The van der Waals surface area contributed by atoms with E-state index in [4.69, 9.17) is 4.74 Å². The molecule has 0 saturated heterocycles. The SMILES string of the molecule is CCCC(CN1CCOc2ccccc2C1=O)NC. The summed E-state index contributed by atoms with van der Waals surface area (Å²) in [6.45, 7) is 4.11. The first kappa shape index (κ1) is 13.9. The highest BCUT2D eigenvalue weighted by molar-refractivity contribution is 5.97. The van der Waals surface area contributed by atoms with Crippen molar-refractivity contribution in [1.29, 1.82) is 0 Å². The van der Waals surface area contributed by atoms with Gasteiger partial charge in [0.15, 0.2) is 0 Å². The number of carbonyl (C=O) groups is 1. The van der Waals surface area contributed by atoms with Crippen molar-refractivity contribution in [2.75, 3.05) is 26.7 Å². The Morgan fingerprint density at radius 1 is 1.42 bits per heavy atom. The molecular formula is C15H22N2O2. The predicted octanol–water partition coefficient (Wildman–Crippen LogP) is 1.91. The van der Waals surface area contributed by atoms with Gasteiger partial charge in [-0.3, -0.25) is 4.79 Å². The molecule has 104 valence electrons. The van der Waals surface area contributed by atoms with Gasteiger partial charge in [-0.25, -0.2) is 0 Å². The third-order valence-corrected chi connectivity index (χ3v) is 3.51. The van der Waals surface area contributed by atoms with Crippen molar-refractivity contribution in [3.63, 3.8) is 0 Å². The minimum atomic E-state index is 0.0736. The van der Waals surface area contributed by atoms with E-state index >= 15 is 0 Å². The number of benzene rings is 1. The zero-order valence-corrected chi connectivity index (χ0v) is 11.7. The summed E-state index contributed by atoms with van der Waals surface area (Å²) in [5.41, 5.74) is 0.673. The van der Waals surface area contributed by atoms with E-state index in [2.05, 4.69) is 12.2 Å². The van der Waals surface area contributed by atoms with Crippen LogP contribution < -0.4 is 10.1 Å². The second-order valence-corrected chi connectivity index (χ2v) is 4.87. The smallest absolute Gasteiger partial charge is 0.257 e. The number of para-hydroxylation sites is 1. The summed E-state index contributed by atoms with van der Waals surface area (Å²) in [5.74, 6) is 0.774. The summed E-state index contributed by atoms with van der Waals surface area (Å²) in [4.78, 5) is 14.4. The summed E-state index contributed by atoms with van der Waals surface area (Å²) in [6.07, 6.45) is 2.18. The standard InChI is InChI=1S/C15H22N2O2/c1-3-6-12(16-2)11-17-9-10-19-14-8-5-4-7-13(14)15(17)18/h4-5,7-8,12,16H,3,6,9-11H2,1-2H3. The zero-order chi connectivity index (χ0) is 13.7. The van der Waals surface area contributed by atoms with Crippen LogP contribution in [0, 0.1) is 0 Å². The fourth-order valence-electron chi connectivity index (χ4n) is 2.42. The number of likely N-dealkylation sites (N-methyl/N-ethyl adjacent to an activating group) is 1. The molecule has 1 unspecified atom stereocenters. The van der Waals surface area contributed by atoms with Gasteiger partial charge in [-0.15, -0.1) is 0 Å². The Kier molecular flexibility index (Phi) is 4.80. The average Bonchev–Trinajstić information content (AvgIpc) is 2.59. The molecule has 2 rings (SSSR count). The van der Waals surface area contributed by atoms with Crippen LogP contribution in [-0.2, 0) is 0 Å². The molecule has 1 heterocycles. The van der Waals surface area contributed by atoms with E-state index in [1.54, 1.807) is 0 Å². The Balaban J connectivity index is 2.12. The van der Waals surface area contributed by atoms with Gasteiger partial charge >= 0.3 is 0 Å². The lowest BCUT2D eigenvalue weighted by Gasteiger charge is -2.25. The molecule has 4 heteroatoms. The van der Waals surface area contributed by atoms with Gasteiger partial charge < -0.3 is 15.0 Å². The van der Waals surface area contributed by atoms with Crippen molar-refractivity contribution >= 4 is 5.91 Å². The molecule has 0 bridgehead atoms. The Hall–Kier alpha value is -1.55. The Labute approximate surface area is 114 Å². The van der Waals surface area contributed by atoms with Gasteiger partial charge in [0.05, 0.1) is 12.1 Å². The molecular weight excluding hydrogens is 240 g/mol. The van der Waals surface area contributed by atoms with Crippen LogP contribution in [0.25, 0.3) is 0 Å². The highest BCUT2D eigenvalue weighted by atomic mass is 16.5. The molecule has 1 N–H and O–H groups in total. The first-order chi connectivity index (χ1) is 9.26. The van der Waals surface area contributed by atoms with E-state index in [0.717, 1.165) is 19.4 Å². The van der Waals surface area contributed by atoms with Crippen molar-refractivity contribution in [1.82, 2.24) is 10.2 Å². The minimum Gasteiger partial charge on any atom is -0.491 e. The van der Waals surface area contributed by atoms with Crippen LogP contribution in [0.3, 0.4) is 0 Å². The van der Waals surface area contributed by atoms with Gasteiger partial charge in [0.25, 0.3) is 5.91 Å². The van der Waals surface area contributed by atoms with Gasteiger partial charge in [-0.1, -0.05) is 25.5 Å². The van der Waals surface area contributed by atoms with Crippen LogP contribution in [0.15, 0.2) is 24.3 Å². The van der Waals surface area contributed by atoms with Gasteiger partial charge in [0.2, 0.25) is 0 Å². The molecule has 1 atom stereocenters.